The van der Waals surface area contributed by atoms with Crippen LogP contribution in [0.1, 0.15) is 19.3 Å². The molecule has 2 fully saturated rings. The van der Waals surface area contributed by atoms with E-state index in [1.165, 1.54) is 4.90 Å². The van der Waals surface area contributed by atoms with Crippen LogP contribution in [-0.4, -0.2) is 61.0 Å². The van der Waals surface area contributed by atoms with E-state index in [9.17, 15) is 18.0 Å². The smallest absolute Gasteiger partial charge is 0.300 e. The minimum atomic E-state index is -4.11. The highest BCUT2D eigenvalue weighted by atomic mass is 19.4. The molecule has 0 N–H and O–H groups in total. The number of hydrogen-bond acceptors (Lipinski definition) is 3. The summed E-state index contributed by atoms with van der Waals surface area (Å²) in [5.41, 5.74) is 0. The van der Waals surface area contributed by atoms with Crippen molar-refractivity contribution in [1.29, 1.82) is 0 Å². The van der Waals surface area contributed by atoms with Crippen LogP contribution in [0.2, 0.25) is 0 Å². The molecule has 1 atom stereocenters. The number of alkyl halides is 3. The molecule has 1 heterocycles. The molecule has 0 amide bonds. The summed E-state index contributed by atoms with van der Waals surface area (Å²) in [4.78, 5) is 15.1. The summed E-state index contributed by atoms with van der Waals surface area (Å²) >= 11 is 0. The van der Waals surface area contributed by atoms with E-state index in [0.717, 1.165) is 19.4 Å². The zero-order valence-electron chi connectivity index (χ0n) is 10.4. The Hall–Kier alpha value is -0.620. The van der Waals surface area contributed by atoms with Crippen molar-refractivity contribution in [2.45, 2.75) is 25.4 Å². The van der Waals surface area contributed by atoms with E-state index >= 15 is 0 Å². The minimum absolute atomic E-state index is 0.124. The summed E-state index contributed by atoms with van der Waals surface area (Å²) in [6.45, 7) is 2.09. The molecule has 104 valence electrons. The van der Waals surface area contributed by atoms with Crippen LogP contribution in [0.3, 0.4) is 0 Å². The van der Waals surface area contributed by atoms with Crippen LogP contribution < -0.4 is 0 Å². The van der Waals surface area contributed by atoms with Crippen molar-refractivity contribution in [1.82, 2.24) is 9.80 Å². The molecule has 6 heteroatoms. The average molecular weight is 264 g/mol. The predicted octanol–water partition coefficient (Wildman–Crippen LogP) is 1.54. The quantitative estimate of drug-likeness (QED) is 0.772. The lowest BCUT2D eigenvalue weighted by Crippen LogP contribution is -2.50. The van der Waals surface area contributed by atoms with Gasteiger partial charge in [0.15, 0.2) is 0 Å². The van der Waals surface area contributed by atoms with Crippen LogP contribution in [-0.2, 0) is 4.79 Å². The van der Waals surface area contributed by atoms with E-state index in [1.807, 2.05) is 0 Å². The fourth-order valence-electron chi connectivity index (χ4n) is 2.78. The van der Waals surface area contributed by atoms with Crippen molar-refractivity contribution in [2.24, 2.45) is 5.92 Å². The second-order valence-corrected chi connectivity index (χ2v) is 5.25. The second-order valence-electron chi connectivity index (χ2n) is 5.25. The topological polar surface area (TPSA) is 23.6 Å². The lowest BCUT2D eigenvalue weighted by molar-refractivity contribution is -0.149. The Kier molecular flexibility index (Phi) is 4.27. The van der Waals surface area contributed by atoms with Gasteiger partial charge in [0, 0.05) is 45.1 Å². The maximum Gasteiger partial charge on any atom is 0.401 e. The van der Waals surface area contributed by atoms with Crippen LogP contribution in [0.25, 0.3) is 0 Å². The fourth-order valence-corrected chi connectivity index (χ4v) is 2.78. The van der Waals surface area contributed by atoms with Gasteiger partial charge in [-0.05, 0) is 12.8 Å². The Morgan fingerprint density at radius 2 is 1.72 bits per heavy atom. The van der Waals surface area contributed by atoms with Crippen molar-refractivity contribution in [2.75, 3.05) is 39.3 Å². The molecule has 1 saturated heterocycles. The van der Waals surface area contributed by atoms with E-state index in [-0.39, 0.29) is 5.92 Å². The summed E-state index contributed by atoms with van der Waals surface area (Å²) in [6.07, 6.45) is -1.51. The number of Topliss-reactive ketones (excluding diaryl/α,β-unsaturated/α-hetero) is 1. The predicted molar refractivity (Wildman–Crippen MR) is 61.3 cm³/mol. The number of rotatable bonds is 3. The summed E-state index contributed by atoms with van der Waals surface area (Å²) in [5, 5.41) is 0. The third-order valence-corrected chi connectivity index (χ3v) is 3.78. The first-order valence-corrected chi connectivity index (χ1v) is 6.48. The Morgan fingerprint density at radius 1 is 1.11 bits per heavy atom. The molecule has 1 saturated carbocycles. The number of ketones is 1. The van der Waals surface area contributed by atoms with Gasteiger partial charge in [0.05, 0.1) is 6.54 Å². The molecule has 0 aromatic carbocycles. The van der Waals surface area contributed by atoms with Gasteiger partial charge >= 0.3 is 6.18 Å². The molecular formula is C12H19F3N2O. The van der Waals surface area contributed by atoms with Crippen LogP contribution in [0.5, 0.6) is 0 Å². The maximum atomic E-state index is 12.2. The van der Waals surface area contributed by atoms with Gasteiger partial charge < -0.3 is 4.90 Å². The number of hydrogen-bond donors (Lipinski definition) is 0. The second kappa shape index (κ2) is 5.57. The Morgan fingerprint density at radius 3 is 2.22 bits per heavy atom. The largest absolute Gasteiger partial charge is 0.401 e. The van der Waals surface area contributed by atoms with Gasteiger partial charge in [-0.3, -0.25) is 9.69 Å². The normalized spacial score (nSPS) is 27.9. The van der Waals surface area contributed by atoms with E-state index in [0.29, 0.717) is 38.4 Å². The molecule has 2 rings (SSSR count). The molecule has 0 aromatic heterocycles. The zero-order chi connectivity index (χ0) is 13.2. The molecule has 1 unspecified atom stereocenters. The Labute approximate surface area is 105 Å². The molecule has 1 aliphatic carbocycles. The highest BCUT2D eigenvalue weighted by Crippen LogP contribution is 2.23. The van der Waals surface area contributed by atoms with Gasteiger partial charge in [0.1, 0.15) is 5.78 Å². The molecule has 1 aliphatic heterocycles. The third kappa shape index (κ3) is 3.95. The molecule has 2 aliphatic rings. The van der Waals surface area contributed by atoms with Crippen LogP contribution in [0.4, 0.5) is 13.2 Å². The summed E-state index contributed by atoms with van der Waals surface area (Å²) in [5.74, 6) is 0.451. The number of halogens is 3. The molecule has 0 radical (unpaired) electrons. The number of nitrogens with zero attached hydrogens (tertiary/aromatic N) is 2. The maximum absolute atomic E-state index is 12.2. The van der Waals surface area contributed by atoms with Crippen molar-refractivity contribution >= 4 is 5.78 Å². The fraction of sp³-hybridized carbons (Fsp3) is 0.917. The molecule has 0 spiro atoms. The van der Waals surface area contributed by atoms with Crippen molar-refractivity contribution in [3.05, 3.63) is 0 Å². The minimum Gasteiger partial charge on any atom is -0.300 e. The first kappa shape index (κ1) is 13.8. The van der Waals surface area contributed by atoms with Gasteiger partial charge in [-0.2, -0.15) is 13.2 Å². The lowest BCUT2D eigenvalue weighted by Gasteiger charge is -2.35. The molecular weight excluding hydrogens is 245 g/mol. The van der Waals surface area contributed by atoms with E-state index in [2.05, 4.69) is 4.90 Å². The molecule has 18 heavy (non-hydrogen) atoms. The van der Waals surface area contributed by atoms with Crippen molar-refractivity contribution < 1.29 is 18.0 Å². The van der Waals surface area contributed by atoms with Gasteiger partial charge in [0.25, 0.3) is 0 Å². The lowest BCUT2D eigenvalue weighted by atomic mass is 10.1. The number of piperazine rings is 1. The summed E-state index contributed by atoms with van der Waals surface area (Å²) < 4.78 is 36.6. The highest BCUT2D eigenvalue weighted by molar-refractivity contribution is 5.83. The summed E-state index contributed by atoms with van der Waals surface area (Å²) in [7, 11) is 0. The zero-order valence-corrected chi connectivity index (χ0v) is 10.4. The van der Waals surface area contributed by atoms with Gasteiger partial charge in [-0.25, -0.2) is 0 Å². The SMILES string of the molecule is O=C1CCCC1CN1CCN(CC(F)(F)F)CC1. The van der Waals surface area contributed by atoms with Crippen LogP contribution in [0, 0.1) is 5.92 Å². The average Bonchev–Trinajstić information content (AvgIpc) is 2.65. The number of carbonyl (C=O) groups is 1. The first-order valence-electron chi connectivity index (χ1n) is 6.48. The Balaban J connectivity index is 1.72. The van der Waals surface area contributed by atoms with Gasteiger partial charge in [-0.15, -0.1) is 0 Å². The monoisotopic (exact) mass is 264 g/mol. The Bertz CT molecular complexity index is 298. The van der Waals surface area contributed by atoms with Gasteiger partial charge in [0.2, 0.25) is 0 Å². The summed E-state index contributed by atoms with van der Waals surface area (Å²) in [6, 6.07) is 0. The standard InChI is InChI=1S/C12H19F3N2O/c13-12(14,15)9-17-6-4-16(5-7-17)8-10-2-1-3-11(10)18/h10H,1-9H2. The molecule has 0 bridgehead atoms. The molecule has 3 nitrogen and oxygen atoms in total. The molecule has 0 aromatic rings. The van der Waals surface area contributed by atoms with Crippen LogP contribution in [0.15, 0.2) is 0 Å². The number of carbonyl (C=O) groups excluding carboxylic acids is 1. The van der Waals surface area contributed by atoms with Crippen molar-refractivity contribution in [3.8, 4) is 0 Å². The first-order chi connectivity index (χ1) is 8.44. The van der Waals surface area contributed by atoms with E-state index < -0.39 is 12.7 Å². The highest BCUT2D eigenvalue weighted by Gasteiger charge is 2.33. The van der Waals surface area contributed by atoms with Crippen molar-refractivity contribution in [3.63, 3.8) is 0 Å². The van der Waals surface area contributed by atoms with Gasteiger partial charge in [-0.1, -0.05) is 0 Å². The van der Waals surface area contributed by atoms with E-state index in [4.69, 9.17) is 0 Å². The van der Waals surface area contributed by atoms with E-state index in [1.54, 1.807) is 0 Å². The van der Waals surface area contributed by atoms with Crippen LogP contribution >= 0.6 is 0 Å². The third-order valence-electron chi connectivity index (χ3n) is 3.78.